The van der Waals surface area contributed by atoms with E-state index in [0.29, 0.717) is 23.1 Å². The lowest BCUT2D eigenvalue weighted by Crippen LogP contribution is -2.50. The van der Waals surface area contributed by atoms with Gasteiger partial charge in [0.15, 0.2) is 23.1 Å². The molecule has 0 aliphatic heterocycles. The molecule has 5 rings (SSSR count). The summed E-state index contributed by atoms with van der Waals surface area (Å²) in [4.78, 5) is 24.3. The van der Waals surface area contributed by atoms with Crippen LogP contribution in [0, 0.1) is 23.0 Å². The maximum atomic E-state index is 14.7. The Bertz CT molecular complexity index is 1140. The van der Waals surface area contributed by atoms with Crippen molar-refractivity contribution >= 4 is 22.8 Å². The summed E-state index contributed by atoms with van der Waals surface area (Å²) in [6.07, 6.45) is 8.33. The molecule has 3 N–H and O–H groups in total. The molecule has 0 amide bonds. The number of anilines is 1. The molecule has 0 aromatic carbocycles. The van der Waals surface area contributed by atoms with Gasteiger partial charge in [-0.3, -0.25) is 9.89 Å². The van der Waals surface area contributed by atoms with E-state index in [1.54, 1.807) is 0 Å². The van der Waals surface area contributed by atoms with Gasteiger partial charge in [0.25, 0.3) is 0 Å². The number of pyridine rings is 1. The van der Waals surface area contributed by atoms with Gasteiger partial charge in [0.2, 0.25) is 0 Å². The first kappa shape index (κ1) is 19.8. The van der Waals surface area contributed by atoms with Gasteiger partial charge in [-0.1, -0.05) is 19.3 Å². The number of carboxylic acids is 1. The average molecular weight is 428 g/mol. The van der Waals surface area contributed by atoms with Gasteiger partial charge in [0.1, 0.15) is 11.5 Å². The van der Waals surface area contributed by atoms with E-state index in [0.717, 1.165) is 50.9 Å². The summed E-state index contributed by atoms with van der Waals surface area (Å²) in [5.74, 6) is -2.62. The second kappa shape index (κ2) is 7.51. The Morgan fingerprint density at radius 2 is 1.94 bits per heavy atom. The van der Waals surface area contributed by atoms with Crippen molar-refractivity contribution in [2.75, 3.05) is 5.32 Å². The van der Waals surface area contributed by atoms with Gasteiger partial charge >= 0.3 is 5.97 Å². The third-order valence-electron chi connectivity index (χ3n) is 6.80. The van der Waals surface area contributed by atoms with Crippen LogP contribution < -0.4 is 5.32 Å². The van der Waals surface area contributed by atoms with Crippen LogP contribution >= 0.6 is 0 Å². The Morgan fingerprint density at radius 1 is 1.16 bits per heavy atom. The summed E-state index contributed by atoms with van der Waals surface area (Å²) in [5.41, 5.74) is 0.438. The fourth-order valence-corrected chi connectivity index (χ4v) is 5.36. The van der Waals surface area contributed by atoms with Crippen LogP contribution in [0.3, 0.4) is 0 Å². The summed E-state index contributed by atoms with van der Waals surface area (Å²) in [5, 5.41) is 20.1. The zero-order chi connectivity index (χ0) is 21.6. The number of nitrogens with one attached hydrogen (secondary N) is 2. The molecule has 31 heavy (non-hydrogen) atoms. The number of aromatic nitrogens is 5. The molecule has 0 unspecified atom stereocenters. The van der Waals surface area contributed by atoms with E-state index in [1.807, 2.05) is 0 Å². The molecule has 1 spiro atoms. The van der Waals surface area contributed by atoms with Crippen molar-refractivity contribution in [3.05, 3.63) is 30.1 Å². The molecule has 0 bridgehead atoms. The van der Waals surface area contributed by atoms with Crippen molar-refractivity contribution in [3.8, 4) is 11.5 Å². The fourth-order valence-electron chi connectivity index (χ4n) is 5.36. The minimum atomic E-state index is -0.876. The highest BCUT2D eigenvalue weighted by Crippen LogP contribution is 2.51. The predicted octanol–water partition coefficient (Wildman–Crippen LogP) is 3.92. The predicted molar refractivity (Wildman–Crippen MR) is 108 cm³/mol. The number of aromatic amines is 1. The molecule has 0 radical (unpaired) electrons. The quantitative estimate of drug-likeness (QED) is 0.577. The molecule has 3 aromatic heterocycles. The molecule has 2 fully saturated rings. The molecule has 2 aliphatic carbocycles. The maximum absolute atomic E-state index is 14.7. The average Bonchev–Trinajstić information content (AvgIpc) is 3.38. The van der Waals surface area contributed by atoms with Gasteiger partial charge in [0.05, 0.1) is 23.7 Å². The van der Waals surface area contributed by atoms with Crippen molar-refractivity contribution in [1.82, 2.24) is 25.1 Å². The number of hydrogen-bond donors (Lipinski definition) is 3. The highest BCUT2D eigenvalue weighted by atomic mass is 19.1. The summed E-state index contributed by atoms with van der Waals surface area (Å²) in [7, 11) is 0. The van der Waals surface area contributed by atoms with Crippen LogP contribution in [0.5, 0.6) is 0 Å². The molecular formula is C21H22F2N6O2. The Morgan fingerprint density at radius 3 is 2.71 bits per heavy atom. The van der Waals surface area contributed by atoms with E-state index in [9.17, 15) is 18.7 Å². The molecule has 2 saturated carbocycles. The Hall–Kier alpha value is -3.17. The van der Waals surface area contributed by atoms with Crippen LogP contribution in [0.15, 0.2) is 18.5 Å². The van der Waals surface area contributed by atoms with Crippen LogP contribution in [0.4, 0.5) is 14.6 Å². The molecule has 2 aliphatic rings. The monoisotopic (exact) mass is 428 g/mol. The van der Waals surface area contributed by atoms with Crippen LogP contribution in [0.2, 0.25) is 0 Å². The lowest BCUT2D eigenvalue weighted by Gasteiger charge is -2.45. The van der Waals surface area contributed by atoms with Crippen LogP contribution in [-0.2, 0) is 4.79 Å². The zero-order valence-corrected chi connectivity index (χ0v) is 16.7. The summed E-state index contributed by atoms with van der Waals surface area (Å²) >= 11 is 0. The van der Waals surface area contributed by atoms with E-state index < -0.39 is 29.6 Å². The Kier molecular flexibility index (Phi) is 4.79. The summed E-state index contributed by atoms with van der Waals surface area (Å²) in [6.45, 7) is 0. The lowest BCUT2D eigenvalue weighted by molar-refractivity contribution is -0.145. The molecule has 10 heteroatoms. The minimum Gasteiger partial charge on any atom is -0.481 e. The molecule has 3 aromatic rings. The first-order valence-corrected chi connectivity index (χ1v) is 10.5. The van der Waals surface area contributed by atoms with Gasteiger partial charge < -0.3 is 10.4 Å². The van der Waals surface area contributed by atoms with Crippen molar-refractivity contribution in [2.24, 2.45) is 11.3 Å². The van der Waals surface area contributed by atoms with Crippen LogP contribution in [0.1, 0.15) is 44.9 Å². The van der Waals surface area contributed by atoms with E-state index in [4.69, 9.17) is 0 Å². The highest BCUT2D eigenvalue weighted by molar-refractivity contribution is 5.88. The number of carbonyl (C=O) groups is 1. The fraction of sp³-hybridized carbons (Fsp3) is 0.476. The van der Waals surface area contributed by atoms with E-state index >= 15 is 0 Å². The number of halogens is 2. The number of rotatable bonds is 4. The van der Waals surface area contributed by atoms with E-state index in [2.05, 4.69) is 30.5 Å². The SMILES string of the molecule is O=C(O)[C@H]1CCCC2(CCCC2)[C@H]1Nc1nc(-c2[nH]nc3ncc(F)cc23)ncc1F. The molecule has 3 heterocycles. The second-order valence-electron chi connectivity index (χ2n) is 8.54. The first-order chi connectivity index (χ1) is 15.0. The number of carboxylic acid groups (broad SMARTS) is 1. The largest absolute Gasteiger partial charge is 0.481 e. The third kappa shape index (κ3) is 3.39. The molecule has 8 nitrogen and oxygen atoms in total. The summed E-state index contributed by atoms with van der Waals surface area (Å²) in [6, 6.07) is 0.840. The number of hydrogen-bond acceptors (Lipinski definition) is 6. The van der Waals surface area contributed by atoms with Crippen molar-refractivity contribution in [2.45, 2.75) is 51.0 Å². The maximum Gasteiger partial charge on any atom is 0.308 e. The number of aliphatic carboxylic acids is 1. The zero-order valence-electron chi connectivity index (χ0n) is 16.7. The van der Waals surface area contributed by atoms with Gasteiger partial charge in [-0.25, -0.2) is 23.7 Å². The third-order valence-corrected chi connectivity index (χ3v) is 6.80. The molecule has 0 saturated heterocycles. The lowest BCUT2D eigenvalue weighted by atomic mass is 9.64. The van der Waals surface area contributed by atoms with Crippen LogP contribution in [-0.4, -0.2) is 42.3 Å². The number of nitrogens with zero attached hydrogens (tertiary/aromatic N) is 4. The molecule has 2 atom stereocenters. The van der Waals surface area contributed by atoms with E-state index in [-0.39, 0.29) is 17.1 Å². The summed E-state index contributed by atoms with van der Waals surface area (Å²) < 4.78 is 28.4. The minimum absolute atomic E-state index is 0.0541. The Balaban J connectivity index is 1.54. The van der Waals surface area contributed by atoms with E-state index in [1.165, 1.54) is 6.07 Å². The topological polar surface area (TPSA) is 117 Å². The molecular weight excluding hydrogens is 406 g/mol. The normalized spacial score (nSPS) is 22.8. The van der Waals surface area contributed by atoms with Crippen molar-refractivity contribution < 1.29 is 18.7 Å². The number of H-pyrrole nitrogens is 1. The van der Waals surface area contributed by atoms with Gasteiger partial charge in [0, 0.05) is 6.04 Å². The second-order valence-corrected chi connectivity index (χ2v) is 8.54. The smallest absolute Gasteiger partial charge is 0.308 e. The first-order valence-electron chi connectivity index (χ1n) is 10.5. The van der Waals surface area contributed by atoms with Gasteiger partial charge in [-0.2, -0.15) is 5.10 Å². The highest BCUT2D eigenvalue weighted by Gasteiger charge is 2.49. The standard InChI is InChI=1S/C21H22F2N6O2/c22-11-8-13-15(28-29-17(13)24-9-11)19-25-10-14(23)18(27-19)26-16-12(20(30)31)4-3-7-21(16)5-1-2-6-21/h8-10,12,16H,1-7H2,(H,30,31)(H,24,28,29)(H,25,26,27)/t12-,16-/m0/s1. The van der Waals surface area contributed by atoms with Crippen molar-refractivity contribution in [3.63, 3.8) is 0 Å². The molecule has 162 valence electrons. The van der Waals surface area contributed by atoms with Crippen LogP contribution in [0.25, 0.3) is 22.6 Å². The number of fused-ring (bicyclic) bond motifs is 1. The Labute approximate surface area is 176 Å². The van der Waals surface area contributed by atoms with Gasteiger partial charge in [-0.05, 0) is 37.2 Å². The van der Waals surface area contributed by atoms with Gasteiger partial charge in [-0.15, -0.1) is 0 Å². The van der Waals surface area contributed by atoms with Crippen molar-refractivity contribution in [1.29, 1.82) is 0 Å².